The van der Waals surface area contributed by atoms with E-state index >= 15 is 0 Å². The Balaban J connectivity index is 1.50. The van der Waals surface area contributed by atoms with Gasteiger partial charge in [-0.25, -0.2) is 0 Å². The number of amides is 1. The first kappa shape index (κ1) is 16.5. The summed E-state index contributed by atoms with van der Waals surface area (Å²) in [6, 6.07) is 0. The Bertz CT molecular complexity index is 715. The number of nitrogens with one attached hydrogen (secondary N) is 1. The molecule has 0 radical (unpaired) electrons. The normalized spacial score (nSPS) is 17.2. The molecule has 0 saturated carbocycles. The van der Waals surface area contributed by atoms with E-state index in [-0.39, 0.29) is 18.6 Å². The molecule has 3 heterocycles. The Morgan fingerprint density at radius 3 is 3.00 bits per heavy atom. The van der Waals surface area contributed by atoms with E-state index in [1.807, 2.05) is 20.9 Å². The molecule has 8 heteroatoms. The molecule has 1 atom stereocenters. The van der Waals surface area contributed by atoms with Gasteiger partial charge in [-0.1, -0.05) is 0 Å². The summed E-state index contributed by atoms with van der Waals surface area (Å²) in [4.78, 5) is 12.0. The zero-order chi connectivity index (χ0) is 17.1. The molecule has 130 valence electrons. The average molecular weight is 333 g/mol. The molecule has 1 aliphatic heterocycles. The maximum atomic E-state index is 12.0. The number of hydrogen-bond donors (Lipinski definition) is 1. The molecule has 1 unspecified atom stereocenters. The zero-order valence-corrected chi connectivity index (χ0v) is 14.3. The summed E-state index contributed by atoms with van der Waals surface area (Å²) < 4.78 is 14.7. The Labute approximate surface area is 140 Å². The van der Waals surface area contributed by atoms with Crippen LogP contribution in [-0.2, 0) is 23.1 Å². The average Bonchev–Trinajstić information content (AvgIpc) is 3.24. The highest BCUT2D eigenvalue weighted by atomic mass is 16.5. The molecule has 1 saturated heterocycles. The lowest BCUT2D eigenvalue weighted by Gasteiger charge is -2.08. The fraction of sp³-hybridized carbons (Fsp3) is 0.562. The summed E-state index contributed by atoms with van der Waals surface area (Å²) in [6.45, 7) is 5.22. The van der Waals surface area contributed by atoms with E-state index in [1.54, 1.807) is 21.8 Å². The second kappa shape index (κ2) is 7.04. The van der Waals surface area contributed by atoms with Crippen LogP contribution in [0.25, 0.3) is 0 Å². The van der Waals surface area contributed by atoms with Gasteiger partial charge in [0.25, 0.3) is 5.91 Å². The molecule has 8 nitrogen and oxygen atoms in total. The van der Waals surface area contributed by atoms with Crippen LogP contribution in [0.5, 0.6) is 5.75 Å². The first-order valence-electron chi connectivity index (χ1n) is 8.10. The molecule has 3 rings (SSSR count). The summed E-state index contributed by atoms with van der Waals surface area (Å²) in [5.74, 6) is 0.427. The van der Waals surface area contributed by atoms with Gasteiger partial charge in [0.15, 0.2) is 12.4 Å². The number of aryl methyl sites for hydroxylation is 2. The minimum atomic E-state index is -0.227. The standard InChI is InChI=1S/C16H23N5O3/c1-11-16(12(2)20(3)19-11)24-10-15(22)18-13-7-17-21(8-13)9-14-5-4-6-23-14/h7-8,14H,4-6,9-10H2,1-3H3,(H,18,22). The number of hydrogen-bond acceptors (Lipinski definition) is 5. The van der Waals surface area contributed by atoms with Gasteiger partial charge in [-0.2, -0.15) is 10.2 Å². The molecule has 24 heavy (non-hydrogen) atoms. The molecule has 1 amide bonds. The molecule has 1 aliphatic rings. The maximum absolute atomic E-state index is 12.0. The van der Waals surface area contributed by atoms with Crippen molar-refractivity contribution in [3.63, 3.8) is 0 Å². The SMILES string of the molecule is Cc1nn(C)c(C)c1OCC(=O)Nc1cnn(CC2CCCO2)c1. The molecule has 0 aromatic carbocycles. The number of nitrogens with zero attached hydrogens (tertiary/aromatic N) is 4. The van der Waals surface area contributed by atoms with E-state index in [4.69, 9.17) is 9.47 Å². The zero-order valence-electron chi connectivity index (χ0n) is 14.3. The van der Waals surface area contributed by atoms with Crippen molar-refractivity contribution in [1.29, 1.82) is 0 Å². The smallest absolute Gasteiger partial charge is 0.262 e. The third-order valence-corrected chi connectivity index (χ3v) is 4.12. The van der Waals surface area contributed by atoms with E-state index in [1.165, 1.54) is 0 Å². The van der Waals surface area contributed by atoms with Crippen LogP contribution in [0.3, 0.4) is 0 Å². The monoisotopic (exact) mass is 333 g/mol. The second-order valence-electron chi connectivity index (χ2n) is 6.05. The van der Waals surface area contributed by atoms with E-state index < -0.39 is 0 Å². The van der Waals surface area contributed by atoms with Crippen LogP contribution >= 0.6 is 0 Å². The van der Waals surface area contributed by atoms with Crippen molar-refractivity contribution >= 4 is 11.6 Å². The molecule has 2 aromatic rings. The Hall–Kier alpha value is -2.35. The highest BCUT2D eigenvalue weighted by molar-refractivity contribution is 5.91. The number of carbonyl (C=O) groups is 1. The van der Waals surface area contributed by atoms with Crippen molar-refractivity contribution in [2.24, 2.45) is 7.05 Å². The Morgan fingerprint density at radius 2 is 2.33 bits per heavy atom. The summed E-state index contributed by atoms with van der Waals surface area (Å²) in [5, 5.41) is 11.3. The van der Waals surface area contributed by atoms with Gasteiger partial charge in [0.05, 0.1) is 30.2 Å². The summed E-state index contributed by atoms with van der Waals surface area (Å²) in [6.07, 6.45) is 5.81. The van der Waals surface area contributed by atoms with Gasteiger partial charge in [-0.3, -0.25) is 14.2 Å². The molecule has 0 spiro atoms. The summed E-state index contributed by atoms with van der Waals surface area (Å²) >= 11 is 0. The number of carbonyl (C=O) groups excluding carboxylic acids is 1. The summed E-state index contributed by atoms with van der Waals surface area (Å²) in [7, 11) is 1.84. The van der Waals surface area contributed by atoms with Gasteiger partial charge >= 0.3 is 0 Å². The van der Waals surface area contributed by atoms with Gasteiger partial charge in [-0.05, 0) is 26.7 Å². The van der Waals surface area contributed by atoms with Crippen LogP contribution in [-0.4, -0.2) is 44.8 Å². The Kier molecular flexibility index (Phi) is 4.84. The van der Waals surface area contributed by atoms with Crippen molar-refractivity contribution < 1.29 is 14.3 Å². The maximum Gasteiger partial charge on any atom is 0.262 e. The van der Waals surface area contributed by atoms with Gasteiger partial charge in [0.1, 0.15) is 5.69 Å². The third-order valence-electron chi connectivity index (χ3n) is 4.12. The van der Waals surface area contributed by atoms with E-state index in [2.05, 4.69) is 15.5 Å². The second-order valence-corrected chi connectivity index (χ2v) is 6.05. The van der Waals surface area contributed by atoms with Crippen LogP contribution in [0.4, 0.5) is 5.69 Å². The molecule has 2 aromatic heterocycles. The fourth-order valence-electron chi connectivity index (χ4n) is 2.82. The van der Waals surface area contributed by atoms with Crippen LogP contribution in [0, 0.1) is 13.8 Å². The quantitative estimate of drug-likeness (QED) is 0.864. The van der Waals surface area contributed by atoms with E-state index in [9.17, 15) is 4.79 Å². The predicted octanol–water partition coefficient (Wildman–Crippen LogP) is 1.43. The molecule has 1 fully saturated rings. The van der Waals surface area contributed by atoms with Gasteiger partial charge in [0, 0.05) is 19.9 Å². The van der Waals surface area contributed by atoms with Crippen molar-refractivity contribution in [3.8, 4) is 5.75 Å². The lowest BCUT2D eigenvalue weighted by Crippen LogP contribution is -2.20. The minimum Gasteiger partial charge on any atom is -0.480 e. The summed E-state index contributed by atoms with van der Waals surface area (Å²) in [5.41, 5.74) is 2.32. The number of ether oxygens (including phenoxy) is 2. The largest absolute Gasteiger partial charge is 0.480 e. The van der Waals surface area contributed by atoms with Gasteiger partial charge in [-0.15, -0.1) is 0 Å². The van der Waals surface area contributed by atoms with Crippen molar-refractivity contribution in [1.82, 2.24) is 19.6 Å². The number of aromatic nitrogens is 4. The van der Waals surface area contributed by atoms with E-state index in [0.29, 0.717) is 18.0 Å². The molecule has 1 N–H and O–H groups in total. The lowest BCUT2D eigenvalue weighted by atomic mass is 10.2. The first-order chi connectivity index (χ1) is 11.5. The highest BCUT2D eigenvalue weighted by Crippen LogP contribution is 2.21. The van der Waals surface area contributed by atoms with Gasteiger partial charge in [0.2, 0.25) is 0 Å². The third kappa shape index (κ3) is 3.76. The van der Waals surface area contributed by atoms with Crippen molar-refractivity contribution in [2.75, 3.05) is 18.5 Å². The van der Waals surface area contributed by atoms with E-state index in [0.717, 1.165) is 30.8 Å². The van der Waals surface area contributed by atoms with Gasteiger partial charge < -0.3 is 14.8 Å². The first-order valence-corrected chi connectivity index (χ1v) is 8.10. The minimum absolute atomic E-state index is 0.0652. The predicted molar refractivity (Wildman–Crippen MR) is 88.0 cm³/mol. The Morgan fingerprint density at radius 1 is 1.50 bits per heavy atom. The van der Waals surface area contributed by atoms with Crippen LogP contribution in [0.1, 0.15) is 24.2 Å². The van der Waals surface area contributed by atoms with Crippen molar-refractivity contribution in [3.05, 3.63) is 23.8 Å². The van der Waals surface area contributed by atoms with Crippen molar-refractivity contribution in [2.45, 2.75) is 39.3 Å². The molecular formula is C16H23N5O3. The number of rotatable bonds is 6. The molecule has 0 bridgehead atoms. The molecular weight excluding hydrogens is 310 g/mol. The lowest BCUT2D eigenvalue weighted by molar-refractivity contribution is -0.118. The van der Waals surface area contributed by atoms with Crippen LogP contribution in [0.2, 0.25) is 0 Å². The topological polar surface area (TPSA) is 83.2 Å². The fourth-order valence-corrected chi connectivity index (χ4v) is 2.82. The molecule has 0 aliphatic carbocycles. The highest BCUT2D eigenvalue weighted by Gasteiger charge is 2.17. The van der Waals surface area contributed by atoms with Crippen LogP contribution < -0.4 is 10.1 Å². The number of anilines is 1. The van der Waals surface area contributed by atoms with Crippen LogP contribution in [0.15, 0.2) is 12.4 Å².